The van der Waals surface area contributed by atoms with E-state index in [4.69, 9.17) is 17.3 Å². The third-order valence-electron chi connectivity index (χ3n) is 3.11. The summed E-state index contributed by atoms with van der Waals surface area (Å²) in [6.45, 7) is 2.12. The molecule has 2 unspecified atom stereocenters. The van der Waals surface area contributed by atoms with Crippen LogP contribution in [0.1, 0.15) is 24.4 Å². The van der Waals surface area contributed by atoms with Crippen LogP contribution in [0.5, 0.6) is 0 Å². The zero-order valence-electron chi connectivity index (χ0n) is 8.75. The van der Waals surface area contributed by atoms with Crippen molar-refractivity contribution in [2.75, 3.05) is 13.1 Å². The van der Waals surface area contributed by atoms with Crippen LogP contribution in [0.2, 0.25) is 5.02 Å². The maximum Gasteiger partial charge on any atom is 0.0453 e. The molecule has 0 bridgehead atoms. The van der Waals surface area contributed by atoms with E-state index in [1.807, 2.05) is 24.3 Å². The van der Waals surface area contributed by atoms with Crippen molar-refractivity contribution in [1.29, 1.82) is 0 Å². The van der Waals surface area contributed by atoms with Gasteiger partial charge in [-0.1, -0.05) is 29.8 Å². The van der Waals surface area contributed by atoms with Crippen molar-refractivity contribution in [3.63, 3.8) is 0 Å². The molecule has 1 aromatic carbocycles. The van der Waals surface area contributed by atoms with E-state index in [0.717, 1.165) is 23.7 Å². The molecule has 0 radical (unpaired) electrons. The first-order chi connectivity index (χ1) is 7.29. The number of halogens is 1. The van der Waals surface area contributed by atoms with Crippen molar-refractivity contribution in [3.8, 4) is 0 Å². The zero-order chi connectivity index (χ0) is 10.7. The van der Waals surface area contributed by atoms with Gasteiger partial charge in [0.25, 0.3) is 0 Å². The largest absolute Gasteiger partial charge is 0.324 e. The first-order valence-electron chi connectivity index (χ1n) is 5.50. The second-order valence-electron chi connectivity index (χ2n) is 4.15. The standard InChI is InChI=1S/C12H17ClN2/c13-11-6-2-1-5-10(11)12(14)9-4-3-7-15-8-9/h1-2,5-6,9,12,15H,3-4,7-8,14H2. The Morgan fingerprint density at radius 1 is 1.40 bits per heavy atom. The maximum atomic E-state index is 6.25. The molecule has 0 aliphatic carbocycles. The van der Waals surface area contributed by atoms with Gasteiger partial charge >= 0.3 is 0 Å². The molecule has 0 spiro atoms. The molecule has 3 heteroatoms. The first kappa shape index (κ1) is 10.9. The van der Waals surface area contributed by atoms with Crippen LogP contribution in [-0.4, -0.2) is 13.1 Å². The number of rotatable bonds is 2. The van der Waals surface area contributed by atoms with Gasteiger partial charge in [-0.05, 0) is 43.5 Å². The summed E-state index contributed by atoms with van der Waals surface area (Å²) in [7, 11) is 0. The number of hydrogen-bond donors (Lipinski definition) is 2. The van der Waals surface area contributed by atoms with Gasteiger partial charge in [-0.3, -0.25) is 0 Å². The van der Waals surface area contributed by atoms with Gasteiger partial charge in [0, 0.05) is 11.1 Å². The summed E-state index contributed by atoms with van der Waals surface area (Å²) in [6.07, 6.45) is 2.40. The van der Waals surface area contributed by atoms with Gasteiger partial charge in [-0.25, -0.2) is 0 Å². The monoisotopic (exact) mass is 224 g/mol. The molecule has 2 nitrogen and oxygen atoms in total. The Hall–Kier alpha value is -0.570. The fourth-order valence-electron chi connectivity index (χ4n) is 2.18. The van der Waals surface area contributed by atoms with Gasteiger partial charge in [-0.15, -0.1) is 0 Å². The van der Waals surface area contributed by atoms with E-state index >= 15 is 0 Å². The van der Waals surface area contributed by atoms with Crippen LogP contribution in [0.15, 0.2) is 24.3 Å². The lowest BCUT2D eigenvalue weighted by Crippen LogP contribution is -2.36. The summed E-state index contributed by atoms with van der Waals surface area (Å²) < 4.78 is 0. The Balaban J connectivity index is 2.12. The molecule has 15 heavy (non-hydrogen) atoms. The van der Waals surface area contributed by atoms with Crippen molar-refractivity contribution < 1.29 is 0 Å². The summed E-state index contributed by atoms with van der Waals surface area (Å²) in [5.74, 6) is 0.513. The van der Waals surface area contributed by atoms with Crippen LogP contribution in [0, 0.1) is 5.92 Å². The predicted molar refractivity (Wildman–Crippen MR) is 64.0 cm³/mol. The molecule has 0 aromatic heterocycles. The number of piperidine rings is 1. The molecule has 0 amide bonds. The van der Waals surface area contributed by atoms with Crippen LogP contribution < -0.4 is 11.1 Å². The van der Waals surface area contributed by atoms with Crippen molar-refractivity contribution in [2.24, 2.45) is 11.7 Å². The average Bonchev–Trinajstić information content (AvgIpc) is 2.30. The minimum absolute atomic E-state index is 0.0616. The van der Waals surface area contributed by atoms with Crippen molar-refractivity contribution in [1.82, 2.24) is 5.32 Å². The van der Waals surface area contributed by atoms with Crippen LogP contribution in [0.3, 0.4) is 0 Å². The highest BCUT2D eigenvalue weighted by Crippen LogP contribution is 2.29. The second kappa shape index (κ2) is 4.97. The van der Waals surface area contributed by atoms with E-state index in [9.17, 15) is 0 Å². The third kappa shape index (κ3) is 2.51. The predicted octanol–water partition coefficient (Wildman–Crippen LogP) is 2.34. The molecule has 2 atom stereocenters. The summed E-state index contributed by atoms with van der Waals surface area (Å²) >= 11 is 6.14. The summed E-state index contributed by atoms with van der Waals surface area (Å²) in [5, 5.41) is 4.17. The second-order valence-corrected chi connectivity index (χ2v) is 4.56. The third-order valence-corrected chi connectivity index (χ3v) is 3.45. The van der Waals surface area contributed by atoms with Gasteiger partial charge in [0.1, 0.15) is 0 Å². The number of benzene rings is 1. The van der Waals surface area contributed by atoms with Gasteiger partial charge in [0.2, 0.25) is 0 Å². The van der Waals surface area contributed by atoms with Crippen LogP contribution in [0.4, 0.5) is 0 Å². The van der Waals surface area contributed by atoms with Crippen molar-refractivity contribution in [3.05, 3.63) is 34.9 Å². The Morgan fingerprint density at radius 3 is 2.87 bits per heavy atom. The van der Waals surface area contributed by atoms with E-state index in [2.05, 4.69) is 5.32 Å². The molecule has 0 saturated carbocycles. The highest BCUT2D eigenvalue weighted by atomic mass is 35.5. The van der Waals surface area contributed by atoms with E-state index in [1.54, 1.807) is 0 Å². The van der Waals surface area contributed by atoms with E-state index in [1.165, 1.54) is 12.8 Å². The normalized spacial score (nSPS) is 23.7. The SMILES string of the molecule is NC(c1ccccc1Cl)C1CCCNC1. The number of nitrogens with one attached hydrogen (secondary N) is 1. The molecule has 1 aliphatic heterocycles. The van der Waals surface area contributed by atoms with Crippen LogP contribution in [0.25, 0.3) is 0 Å². The Labute approximate surface area is 95.8 Å². The minimum atomic E-state index is 0.0616. The van der Waals surface area contributed by atoms with Gasteiger partial charge in [0.05, 0.1) is 0 Å². The lowest BCUT2D eigenvalue weighted by atomic mass is 9.88. The quantitative estimate of drug-likeness (QED) is 0.810. The minimum Gasteiger partial charge on any atom is -0.324 e. The van der Waals surface area contributed by atoms with E-state index in [0.29, 0.717) is 5.92 Å². The number of nitrogens with two attached hydrogens (primary N) is 1. The number of hydrogen-bond acceptors (Lipinski definition) is 2. The highest BCUT2D eigenvalue weighted by molar-refractivity contribution is 6.31. The first-order valence-corrected chi connectivity index (χ1v) is 5.87. The molecule has 3 N–H and O–H groups in total. The van der Waals surface area contributed by atoms with Crippen LogP contribution in [-0.2, 0) is 0 Å². The maximum absolute atomic E-state index is 6.25. The molecule has 1 aliphatic rings. The van der Waals surface area contributed by atoms with Crippen molar-refractivity contribution in [2.45, 2.75) is 18.9 Å². The Bertz CT molecular complexity index is 321. The van der Waals surface area contributed by atoms with E-state index < -0.39 is 0 Å². The lowest BCUT2D eigenvalue weighted by molar-refractivity contribution is 0.326. The topological polar surface area (TPSA) is 38.0 Å². The molecule has 1 heterocycles. The fourth-order valence-corrected chi connectivity index (χ4v) is 2.45. The highest BCUT2D eigenvalue weighted by Gasteiger charge is 2.22. The smallest absolute Gasteiger partial charge is 0.0453 e. The van der Waals surface area contributed by atoms with Gasteiger partial charge in [-0.2, -0.15) is 0 Å². The summed E-state index contributed by atoms with van der Waals surface area (Å²) in [6, 6.07) is 7.94. The Morgan fingerprint density at radius 2 is 2.20 bits per heavy atom. The molecule has 1 fully saturated rings. The average molecular weight is 225 g/mol. The zero-order valence-corrected chi connectivity index (χ0v) is 9.50. The summed E-state index contributed by atoms with van der Waals surface area (Å²) in [4.78, 5) is 0. The molecular weight excluding hydrogens is 208 g/mol. The molecule has 82 valence electrons. The van der Waals surface area contributed by atoms with E-state index in [-0.39, 0.29) is 6.04 Å². The van der Waals surface area contributed by atoms with Crippen LogP contribution >= 0.6 is 11.6 Å². The van der Waals surface area contributed by atoms with Gasteiger partial charge in [0.15, 0.2) is 0 Å². The Kier molecular flexibility index (Phi) is 3.62. The molecule has 1 saturated heterocycles. The molecule has 2 rings (SSSR count). The molecular formula is C12H17ClN2. The van der Waals surface area contributed by atoms with Crippen molar-refractivity contribution >= 4 is 11.6 Å². The summed E-state index contributed by atoms with van der Waals surface area (Å²) in [5.41, 5.74) is 7.32. The van der Waals surface area contributed by atoms with Gasteiger partial charge < -0.3 is 11.1 Å². The fraction of sp³-hybridized carbons (Fsp3) is 0.500. The molecule has 1 aromatic rings. The lowest BCUT2D eigenvalue weighted by Gasteiger charge is -2.28.